The van der Waals surface area contributed by atoms with Crippen molar-refractivity contribution in [3.63, 3.8) is 0 Å². The van der Waals surface area contributed by atoms with Gasteiger partial charge in [0.15, 0.2) is 0 Å². The molecule has 0 bridgehead atoms. The molecule has 1 saturated heterocycles. The summed E-state index contributed by atoms with van der Waals surface area (Å²) in [5.41, 5.74) is 0.260. The maximum atomic E-state index is 9.87. The van der Waals surface area contributed by atoms with E-state index < -0.39 is 5.60 Å². The minimum atomic E-state index is -0.659. The fourth-order valence-electron chi connectivity index (χ4n) is 1.34. The number of nitrogens with zero attached hydrogens (tertiary/aromatic N) is 2. The molecule has 1 aromatic rings. The molecule has 2 heterocycles. The first-order chi connectivity index (χ1) is 5.74. The topological polar surface area (TPSA) is 50.1 Å². The van der Waals surface area contributed by atoms with E-state index >= 15 is 0 Å². The van der Waals surface area contributed by atoms with Gasteiger partial charge in [-0.25, -0.2) is 0 Å². The van der Waals surface area contributed by atoms with Crippen LogP contribution in [0.15, 0.2) is 12.4 Å². The summed E-state index contributed by atoms with van der Waals surface area (Å²) in [5.74, 6) is 0. The lowest BCUT2D eigenvalue weighted by Gasteiger charge is -2.36. The quantitative estimate of drug-likeness (QED) is 0.635. The summed E-state index contributed by atoms with van der Waals surface area (Å²) >= 11 is 0. The first-order valence-corrected chi connectivity index (χ1v) is 4.20. The zero-order valence-corrected chi connectivity index (χ0v) is 7.12. The zero-order valence-electron chi connectivity index (χ0n) is 7.12. The minimum Gasteiger partial charge on any atom is -0.382 e. The summed E-state index contributed by atoms with van der Waals surface area (Å²) in [6.07, 6.45) is 3.64. The molecule has 0 saturated carbocycles. The van der Waals surface area contributed by atoms with Crippen molar-refractivity contribution < 1.29 is 5.11 Å². The molecule has 0 aliphatic carbocycles. The maximum absolute atomic E-state index is 9.87. The molecular weight excluding hydrogens is 154 g/mol. The van der Waals surface area contributed by atoms with Crippen molar-refractivity contribution in [3.05, 3.63) is 18.0 Å². The van der Waals surface area contributed by atoms with Crippen LogP contribution in [-0.4, -0.2) is 28.0 Å². The molecule has 0 amide bonds. The van der Waals surface area contributed by atoms with Gasteiger partial charge in [0.25, 0.3) is 0 Å². The van der Waals surface area contributed by atoms with Crippen LogP contribution in [0.5, 0.6) is 0 Å². The van der Waals surface area contributed by atoms with Crippen LogP contribution in [0.25, 0.3) is 0 Å². The van der Waals surface area contributed by atoms with Crippen molar-refractivity contribution in [3.8, 4) is 0 Å². The highest BCUT2D eigenvalue weighted by Gasteiger charge is 2.37. The van der Waals surface area contributed by atoms with E-state index in [0.717, 1.165) is 12.1 Å². The van der Waals surface area contributed by atoms with Crippen LogP contribution in [-0.2, 0) is 12.1 Å². The van der Waals surface area contributed by atoms with Gasteiger partial charge in [-0.3, -0.25) is 4.68 Å². The predicted molar refractivity (Wildman–Crippen MR) is 44.7 cm³/mol. The summed E-state index contributed by atoms with van der Waals surface area (Å²) in [5, 5.41) is 17.0. The van der Waals surface area contributed by atoms with Gasteiger partial charge >= 0.3 is 0 Å². The summed E-state index contributed by atoms with van der Waals surface area (Å²) in [7, 11) is 0. The van der Waals surface area contributed by atoms with Crippen LogP contribution in [0.3, 0.4) is 0 Å². The summed E-state index contributed by atoms with van der Waals surface area (Å²) in [4.78, 5) is 0. The van der Waals surface area contributed by atoms with Crippen molar-refractivity contribution in [2.75, 3.05) is 13.1 Å². The molecule has 0 atom stereocenters. The molecule has 1 aliphatic rings. The number of β-amino-alcohol motifs (C(OH)–C–C–N with tert-alkyl or cyclic N) is 1. The molecule has 0 aromatic carbocycles. The smallest absolute Gasteiger partial charge is 0.117 e. The Morgan fingerprint density at radius 2 is 2.50 bits per heavy atom. The standard InChI is InChI=1S/C8H13N3O/c1-2-11-4-7(3-10-11)8(12)5-9-6-8/h3-4,9,12H,2,5-6H2,1H3. The van der Waals surface area contributed by atoms with Crippen LogP contribution in [0.2, 0.25) is 0 Å². The van der Waals surface area contributed by atoms with Crippen LogP contribution >= 0.6 is 0 Å². The monoisotopic (exact) mass is 167 g/mol. The van der Waals surface area contributed by atoms with E-state index in [1.165, 1.54) is 0 Å². The first kappa shape index (κ1) is 7.76. The third-order valence-corrected chi connectivity index (χ3v) is 2.33. The van der Waals surface area contributed by atoms with Crippen molar-refractivity contribution in [1.29, 1.82) is 0 Å². The number of rotatable bonds is 2. The SMILES string of the molecule is CCn1cc(C2(O)CNC2)cn1. The highest BCUT2D eigenvalue weighted by Crippen LogP contribution is 2.24. The normalized spacial score (nSPS) is 20.5. The van der Waals surface area contributed by atoms with Gasteiger partial charge in [-0.15, -0.1) is 0 Å². The zero-order chi connectivity index (χ0) is 8.60. The van der Waals surface area contributed by atoms with Crippen molar-refractivity contribution >= 4 is 0 Å². The van der Waals surface area contributed by atoms with Crippen LogP contribution in [0, 0.1) is 0 Å². The molecule has 0 unspecified atom stereocenters. The number of hydrogen-bond acceptors (Lipinski definition) is 3. The number of aromatic nitrogens is 2. The molecule has 0 spiro atoms. The van der Waals surface area contributed by atoms with E-state index in [-0.39, 0.29) is 0 Å². The molecule has 4 nitrogen and oxygen atoms in total. The van der Waals surface area contributed by atoms with E-state index in [9.17, 15) is 5.11 Å². The lowest BCUT2D eigenvalue weighted by molar-refractivity contribution is -0.0147. The molecule has 2 N–H and O–H groups in total. The summed E-state index contributed by atoms with van der Waals surface area (Å²) < 4.78 is 1.83. The van der Waals surface area contributed by atoms with Gasteiger partial charge < -0.3 is 10.4 Å². The molecule has 66 valence electrons. The van der Waals surface area contributed by atoms with Crippen molar-refractivity contribution in [2.45, 2.75) is 19.1 Å². The molecule has 4 heteroatoms. The second-order valence-electron chi connectivity index (χ2n) is 3.22. The highest BCUT2D eigenvalue weighted by atomic mass is 16.3. The van der Waals surface area contributed by atoms with E-state index in [0.29, 0.717) is 13.1 Å². The van der Waals surface area contributed by atoms with Gasteiger partial charge in [-0.2, -0.15) is 5.10 Å². The number of nitrogens with one attached hydrogen (secondary N) is 1. The summed E-state index contributed by atoms with van der Waals surface area (Å²) in [6, 6.07) is 0. The van der Waals surface area contributed by atoms with Crippen LogP contribution in [0.4, 0.5) is 0 Å². The lowest BCUT2D eigenvalue weighted by atomic mass is 9.91. The maximum Gasteiger partial charge on any atom is 0.117 e. The third kappa shape index (κ3) is 1.04. The highest BCUT2D eigenvalue weighted by molar-refractivity contribution is 5.20. The minimum absolute atomic E-state index is 0.641. The van der Waals surface area contributed by atoms with E-state index in [1.807, 2.05) is 17.8 Å². The fraction of sp³-hybridized carbons (Fsp3) is 0.625. The third-order valence-electron chi connectivity index (χ3n) is 2.33. The Morgan fingerprint density at radius 3 is 2.92 bits per heavy atom. The Kier molecular flexibility index (Phi) is 1.66. The van der Waals surface area contributed by atoms with Crippen molar-refractivity contribution in [1.82, 2.24) is 15.1 Å². The molecule has 12 heavy (non-hydrogen) atoms. The van der Waals surface area contributed by atoms with E-state index in [4.69, 9.17) is 0 Å². The Bertz CT molecular complexity index is 278. The first-order valence-electron chi connectivity index (χ1n) is 4.20. The van der Waals surface area contributed by atoms with Gasteiger partial charge in [0.1, 0.15) is 5.60 Å². The molecule has 0 radical (unpaired) electrons. The van der Waals surface area contributed by atoms with Gasteiger partial charge in [0, 0.05) is 31.4 Å². The molecule has 1 aliphatic heterocycles. The Balaban J connectivity index is 2.22. The van der Waals surface area contributed by atoms with Crippen LogP contribution in [0.1, 0.15) is 12.5 Å². The van der Waals surface area contributed by atoms with Gasteiger partial charge in [-0.05, 0) is 6.92 Å². The van der Waals surface area contributed by atoms with E-state index in [1.54, 1.807) is 6.20 Å². The van der Waals surface area contributed by atoms with Crippen LogP contribution < -0.4 is 5.32 Å². The fourth-order valence-corrected chi connectivity index (χ4v) is 1.34. The number of aliphatic hydroxyl groups is 1. The molecule has 2 rings (SSSR count). The number of aryl methyl sites for hydroxylation is 1. The number of hydrogen-bond donors (Lipinski definition) is 2. The average Bonchev–Trinajstić information content (AvgIpc) is 2.48. The average molecular weight is 167 g/mol. The molecule has 1 fully saturated rings. The Morgan fingerprint density at radius 1 is 1.75 bits per heavy atom. The Labute approximate surface area is 71.2 Å². The van der Waals surface area contributed by atoms with Crippen molar-refractivity contribution in [2.24, 2.45) is 0 Å². The van der Waals surface area contributed by atoms with E-state index in [2.05, 4.69) is 10.4 Å². The lowest BCUT2D eigenvalue weighted by Crippen LogP contribution is -2.56. The van der Waals surface area contributed by atoms with Gasteiger partial charge in [0.2, 0.25) is 0 Å². The predicted octanol–water partition coefficient (Wildman–Crippen LogP) is -0.306. The Hall–Kier alpha value is -0.870. The second-order valence-corrected chi connectivity index (χ2v) is 3.22. The second kappa shape index (κ2) is 2.57. The molecular formula is C8H13N3O. The van der Waals surface area contributed by atoms with Gasteiger partial charge in [-0.1, -0.05) is 0 Å². The van der Waals surface area contributed by atoms with Gasteiger partial charge in [0.05, 0.1) is 6.20 Å². The summed E-state index contributed by atoms with van der Waals surface area (Å²) in [6.45, 7) is 4.16. The molecule has 1 aromatic heterocycles. The largest absolute Gasteiger partial charge is 0.382 e.